The second kappa shape index (κ2) is 4.47. The molecule has 0 unspecified atom stereocenters. The molecule has 19 heavy (non-hydrogen) atoms. The van der Waals surface area contributed by atoms with Crippen LogP contribution in [0.5, 0.6) is 0 Å². The number of hydrogen-bond donors (Lipinski definition) is 0. The minimum Gasteiger partial charge on any atom is -0.211 e. The fraction of sp³-hybridized carbons (Fsp3) is 0.200. The molecular formula is C15H15NO2S. The summed E-state index contributed by atoms with van der Waals surface area (Å²) in [6.07, 6.45) is 0. The Morgan fingerprint density at radius 1 is 0.842 bits per heavy atom. The lowest BCUT2D eigenvalue weighted by Gasteiger charge is -2.45. The van der Waals surface area contributed by atoms with Crippen molar-refractivity contribution in [3.8, 4) is 0 Å². The zero-order valence-corrected chi connectivity index (χ0v) is 11.4. The quantitative estimate of drug-likeness (QED) is 0.843. The third-order valence-corrected chi connectivity index (χ3v) is 5.87. The van der Waals surface area contributed by atoms with Gasteiger partial charge in [-0.3, -0.25) is 0 Å². The summed E-state index contributed by atoms with van der Waals surface area (Å²) < 4.78 is 26.0. The Morgan fingerprint density at radius 2 is 1.32 bits per heavy atom. The second-order valence-electron chi connectivity index (χ2n) is 4.75. The molecule has 0 bridgehead atoms. The Labute approximate surface area is 113 Å². The van der Waals surface area contributed by atoms with E-state index in [9.17, 15) is 8.42 Å². The highest BCUT2D eigenvalue weighted by Gasteiger charge is 2.52. The summed E-state index contributed by atoms with van der Waals surface area (Å²) in [5, 5.41) is -0.471. The summed E-state index contributed by atoms with van der Waals surface area (Å²) >= 11 is 0. The highest BCUT2D eigenvalue weighted by Crippen LogP contribution is 2.50. The number of rotatable bonds is 2. The van der Waals surface area contributed by atoms with Gasteiger partial charge in [0.05, 0.1) is 6.04 Å². The van der Waals surface area contributed by atoms with Crippen molar-refractivity contribution < 1.29 is 8.42 Å². The summed E-state index contributed by atoms with van der Waals surface area (Å²) in [6, 6.07) is 19.1. The summed E-state index contributed by atoms with van der Waals surface area (Å²) in [5.74, 6) is 0. The monoisotopic (exact) mass is 273 g/mol. The molecule has 0 aliphatic carbocycles. The normalized spacial score (nSPS) is 25.7. The molecule has 1 fully saturated rings. The Kier molecular flexibility index (Phi) is 2.92. The predicted octanol–water partition coefficient (Wildman–Crippen LogP) is 2.74. The van der Waals surface area contributed by atoms with E-state index in [1.807, 2.05) is 60.7 Å². The molecule has 2 aromatic carbocycles. The van der Waals surface area contributed by atoms with Gasteiger partial charge in [0.2, 0.25) is 10.0 Å². The lowest BCUT2D eigenvalue weighted by atomic mass is 9.98. The number of likely N-dealkylation sites (N-methyl/N-ethyl adjacent to an activating group) is 1. The predicted molar refractivity (Wildman–Crippen MR) is 75.0 cm³/mol. The average molecular weight is 273 g/mol. The van der Waals surface area contributed by atoms with E-state index < -0.39 is 15.3 Å². The second-order valence-corrected chi connectivity index (χ2v) is 6.86. The van der Waals surface area contributed by atoms with Crippen LogP contribution in [0.3, 0.4) is 0 Å². The smallest absolute Gasteiger partial charge is 0.211 e. The van der Waals surface area contributed by atoms with E-state index in [-0.39, 0.29) is 6.04 Å². The topological polar surface area (TPSA) is 37.4 Å². The third-order valence-electron chi connectivity index (χ3n) is 3.67. The molecule has 0 N–H and O–H groups in total. The van der Waals surface area contributed by atoms with E-state index in [0.29, 0.717) is 0 Å². The first-order valence-corrected chi connectivity index (χ1v) is 7.69. The van der Waals surface area contributed by atoms with Crippen LogP contribution in [-0.4, -0.2) is 19.8 Å². The number of benzene rings is 2. The van der Waals surface area contributed by atoms with Gasteiger partial charge < -0.3 is 0 Å². The van der Waals surface area contributed by atoms with Crippen molar-refractivity contribution in [2.24, 2.45) is 0 Å². The molecule has 0 aromatic heterocycles. The molecule has 3 rings (SSSR count). The lowest BCUT2D eigenvalue weighted by Crippen LogP contribution is -2.50. The molecule has 3 nitrogen and oxygen atoms in total. The molecular weight excluding hydrogens is 258 g/mol. The van der Waals surface area contributed by atoms with Crippen molar-refractivity contribution >= 4 is 10.0 Å². The fourth-order valence-corrected chi connectivity index (χ4v) is 4.55. The molecule has 0 amide bonds. The van der Waals surface area contributed by atoms with E-state index in [1.165, 1.54) is 4.31 Å². The van der Waals surface area contributed by atoms with Crippen LogP contribution >= 0.6 is 0 Å². The van der Waals surface area contributed by atoms with Gasteiger partial charge in [-0.05, 0) is 11.1 Å². The largest absolute Gasteiger partial charge is 0.223 e. The van der Waals surface area contributed by atoms with Crippen molar-refractivity contribution in [1.29, 1.82) is 0 Å². The van der Waals surface area contributed by atoms with Crippen molar-refractivity contribution in [3.63, 3.8) is 0 Å². The Bertz CT molecular complexity index is 668. The number of hydrogen-bond acceptors (Lipinski definition) is 2. The molecule has 1 saturated heterocycles. The van der Waals surface area contributed by atoms with Crippen LogP contribution < -0.4 is 0 Å². The van der Waals surface area contributed by atoms with Crippen LogP contribution in [0.1, 0.15) is 22.4 Å². The molecule has 0 saturated carbocycles. The third kappa shape index (κ3) is 1.88. The van der Waals surface area contributed by atoms with E-state index in [4.69, 9.17) is 0 Å². The summed E-state index contributed by atoms with van der Waals surface area (Å²) in [5.41, 5.74) is 1.89. The molecule has 1 aliphatic rings. The van der Waals surface area contributed by atoms with Crippen molar-refractivity contribution in [1.82, 2.24) is 4.31 Å². The van der Waals surface area contributed by atoms with Crippen molar-refractivity contribution in [3.05, 3.63) is 71.8 Å². The van der Waals surface area contributed by atoms with Crippen LogP contribution in [0.15, 0.2) is 60.7 Å². The minimum atomic E-state index is -3.22. The van der Waals surface area contributed by atoms with Crippen molar-refractivity contribution in [2.75, 3.05) is 7.05 Å². The zero-order chi connectivity index (χ0) is 13.5. The standard InChI is InChI=1S/C15H15NO2S/c1-16-14(12-8-4-2-5-9-12)15(19(16,17)18)13-10-6-3-7-11-13/h2-11,14-15H,1H3/t14-,15-/m1/s1. The van der Waals surface area contributed by atoms with Gasteiger partial charge in [-0.15, -0.1) is 0 Å². The van der Waals surface area contributed by atoms with E-state index in [2.05, 4.69) is 0 Å². The first kappa shape index (κ1) is 12.4. The highest BCUT2D eigenvalue weighted by molar-refractivity contribution is 7.90. The van der Waals surface area contributed by atoms with Crippen LogP contribution in [0.4, 0.5) is 0 Å². The van der Waals surface area contributed by atoms with E-state index >= 15 is 0 Å². The molecule has 2 aromatic rings. The van der Waals surface area contributed by atoms with E-state index in [0.717, 1.165) is 11.1 Å². The Morgan fingerprint density at radius 3 is 1.84 bits per heavy atom. The number of nitrogens with zero attached hydrogens (tertiary/aromatic N) is 1. The number of sulfonamides is 1. The zero-order valence-electron chi connectivity index (χ0n) is 10.6. The van der Waals surface area contributed by atoms with Gasteiger partial charge in [0.1, 0.15) is 5.25 Å². The molecule has 4 heteroatoms. The van der Waals surface area contributed by atoms with Gasteiger partial charge in [0.25, 0.3) is 0 Å². The van der Waals surface area contributed by atoms with Gasteiger partial charge in [-0.1, -0.05) is 60.7 Å². The van der Waals surface area contributed by atoms with Gasteiger partial charge in [0, 0.05) is 7.05 Å². The Balaban J connectivity index is 2.06. The first-order valence-electron chi connectivity index (χ1n) is 6.19. The minimum absolute atomic E-state index is 0.103. The lowest BCUT2D eigenvalue weighted by molar-refractivity contribution is 0.291. The highest BCUT2D eigenvalue weighted by atomic mass is 32.2. The van der Waals surface area contributed by atoms with Gasteiger partial charge in [-0.25, -0.2) is 8.42 Å². The molecule has 1 heterocycles. The maximum atomic E-state index is 12.3. The molecule has 2 atom stereocenters. The maximum Gasteiger partial charge on any atom is 0.223 e. The summed E-state index contributed by atoms with van der Waals surface area (Å²) in [6.45, 7) is 0. The molecule has 0 spiro atoms. The van der Waals surface area contributed by atoms with Crippen LogP contribution in [0.2, 0.25) is 0 Å². The Hall–Kier alpha value is -1.65. The first-order chi connectivity index (χ1) is 9.12. The molecule has 1 aliphatic heterocycles. The fourth-order valence-electron chi connectivity index (χ4n) is 2.66. The maximum absolute atomic E-state index is 12.3. The summed E-state index contributed by atoms with van der Waals surface area (Å²) in [7, 11) is -1.57. The van der Waals surface area contributed by atoms with E-state index in [1.54, 1.807) is 7.05 Å². The van der Waals surface area contributed by atoms with Crippen molar-refractivity contribution in [2.45, 2.75) is 11.3 Å². The van der Waals surface area contributed by atoms with Gasteiger partial charge in [0.15, 0.2) is 0 Å². The van der Waals surface area contributed by atoms with Gasteiger partial charge in [-0.2, -0.15) is 4.31 Å². The SMILES string of the molecule is CN1[C@H](c2ccccc2)[C@@H](c2ccccc2)S1(=O)=O. The van der Waals surface area contributed by atoms with Crippen LogP contribution in [0.25, 0.3) is 0 Å². The van der Waals surface area contributed by atoms with Crippen LogP contribution in [-0.2, 0) is 10.0 Å². The van der Waals surface area contributed by atoms with Gasteiger partial charge >= 0.3 is 0 Å². The molecule has 0 radical (unpaired) electrons. The molecule has 98 valence electrons. The average Bonchev–Trinajstić information content (AvgIpc) is 2.45. The van der Waals surface area contributed by atoms with Crippen LogP contribution in [0, 0.1) is 0 Å². The summed E-state index contributed by atoms with van der Waals surface area (Å²) in [4.78, 5) is 0.